The first-order chi connectivity index (χ1) is 17.4. The number of aliphatic hydroxyl groups excluding tert-OH is 1. The van der Waals surface area contributed by atoms with E-state index in [4.69, 9.17) is 9.84 Å². The highest BCUT2D eigenvalue weighted by Gasteiger charge is 2.78. The maximum Gasteiger partial charge on any atom is 0.245 e. The van der Waals surface area contributed by atoms with Gasteiger partial charge in [-0.25, -0.2) is 0 Å². The fourth-order valence-corrected chi connectivity index (χ4v) is 6.63. The second-order valence-corrected chi connectivity index (χ2v) is 10.5. The highest BCUT2D eigenvalue weighted by Crippen LogP contribution is 2.64. The Morgan fingerprint density at radius 3 is 2.50 bits per heavy atom. The Bertz CT molecular complexity index is 940. The Balaban J connectivity index is 1.63. The number of nitrogens with zero attached hydrogens (tertiary/aromatic N) is 1. The number of ether oxygens (including phenoxy) is 1. The molecule has 5 atom stereocenters. The molecule has 3 aliphatic rings. The third kappa shape index (κ3) is 4.65. The molecule has 3 amide bonds. The van der Waals surface area contributed by atoms with Gasteiger partial charge < -0.3 is 25.4 Å². The molecule has 0 radical (unpaired) electrons. The number of anilines is 1. The number of rotatable bonds is 13. The van der Waals surface area contributed by atoms with Gasteiger partial charge in [0.15, 0.2) is 0 Å². The molecule has 36 heavy (non-hydrogen) atoms. The number of fused-ring (bicyclic) bond motifs is 1. The summed E-state index contributed by atoms with van der Waals surface area (Å²) in [7, 11) is 0. The van der Waals surface area contributed by atoms with Crippen LogP contribution in [0.2, 0.25) is 0 Å². The molecule has 0 aliphatic carbocycles. The molecule has 0 saturated carbocycles. The fraction of sp³-hybridized carbons (Fsp3) is 0.679. The maximum absolute atomic E-state index is 14.0. The van der Waals surface area contributed by atoms with Gasteiger partial charge in [0.2, 0.25) is 17.7 Å². The molecule has 1 spiro atoms. The number of amides is 3. The predicted molar refractivity (Wildman–Crippen MR) is 137 cm³/mol. The van der Waals surface area contributed by atoms with Crippen LogP contribution in [0.4, 0.5) is 5.69 Å². The average molecular weight is 500 g/mol. The molecule has 4 rings (SSSR count). The third-order valence-corrected chi connectivity index (χ3v) is 8.39. The Morgan fingerprint density at radius 1 is 1.06 bits per heavy atom. The van der Waals surface area contributed by atoms with Crippen molar-refractivity contribution in [3.63, 3.8) is 0 Å². The van der Waals surface area contributed by atoms with Crippen molar-refractivity contribution in [1.82, 2.24) is 10.2 Å². The van der Waals surface area contributed by atoms with E-state index in [0.717, 1.165) is 38.5 Å². The van der Waals surface area contributed by atoms with E-state index in [2.05, 4.69) is 17.6 Å². The lowest BCUT2D eigenvalue weighted by Crippen LogP contribution is -2.55. The summed E-state index contributed by atoms with van der Waals surface area (Å²) in [4.78, 5) is 43.0. The summed E-state index contributed by atoms with van der Waals surface area (Å²) >= 11 is 0. The van der Waals surface area contributed by atoms with Gasteiger partial charge in [-0.3, -0.25) is 14.4 Å². The summed E-state index contributed by atoms with van der Waals surface area (Å²) in [5, 5.41) is 15.1. The van der Waals surface area contributed by atoms with E-state index in [-0.39, 0.29) is 24.3 Å². The van der Waals surface area contributed by atoms with Crippen LogP contribution in [0.5, 0.6) is 0 Å². The van der Waals surface area contributed by atoms with E-state index in [1.807, 2.05) is 37.3 Å². The number of nitrogens with one attached hydrogen (secondary N) is 2. The first-order valence-corrected chi connectivity index (χ1v) is 13.7. The zero-order valence-corrected chi connectivity index (χ0v) is 21.6. The van der Waals surface area contributed by atoms with Crippen molar-refractivity contribution >= 4 is 23.4 Å². The van der Waals surface area contributed by atoms with Crippen molar-refractivity contribution in [3.8, 4) is 0 Å². The van der Waals surface area contributed by atoms with Crippen molar-refractivity contribution in [2.45, 2.75) is 88.9 Å². The first kappa shape index (κ1) is 26.6. The lowest BCUT2D eigenvalue weighted by molar-refractivity contribution is -0.146. The highest BCUT2D eigenvalue weighted by atomic mass is 16.5. The van der Waals surface area contributed by atoms with Gasteiger partial charge in [0.25, 0.3) is 0 Å². The van der Waals surface area contributed by atoms with E-state index in [9.17, 15) is 14.4 Å². The summed E-state index contributed by atoms with van der Waals surface area (Å²) in [6.45, 7) is 5.23. The predicted octanol–water partition coefficient (Wildman–Crippen LogP) is 3.25. The van der Waals surface area contributed by atoms with Gasteiger partial charge in [-0.2, -0.15) is 0 Å². The molecule has 3 fully saturated rings. The van der Waals surface area contributed by atoms with Crippen LogP contribution in [0, 0.1) is 11.8 Å². The van der Waals surface area contributed by atoms with Gasteiger partial charge in [0.1, 0.15) is 11.6 Å². The van der Waals surface area contributed by atoms with Crippen LogP contribution in [0.3, 0.4) is 0 Å². The van der Waals surface area contributed by atoms with E-state index in [1.165, 1.54) is 0 Å². The minimum absolute atomic E-state index is 0.143. The van der Waals surface area contributed by atoms with Crippen LogP contribution in [0.25, 0.3) is 0 Å². The topological polar surface area (TPSA) is 108 Å². The second-order valence-electron chi connectivity index (χ2n) is 10.5. The van der Waals surface area contributed by atoms with Crippen LogP contribution < -0.4 is 10.6 Å². The summed E-state index contributed by atoms with van der Waals surface area (Å²) in [5.74, 6) is -1.84. The number of carbonyl (C=O) groups excluding carboxylic acids is 3. The van der Waals surface area contributed by atoms with Crippen LogP contribution in [0.1, 0.15) is 71.6 Å². The van der Waals surface area contributed by atoms with Gasteiger partial charge in [-0.1, -0.05) is 51.3 Å². The Hall–Kier alpha value is -2.45. The Morgan fingerprint density at radius 2 is 1.81 bits per heavy atom. The number of hydrogen-bond donors (Lipinski definition) is 3. The summed E-state index contributed by atoms with van der Waals surface area (Å²) < 4.78 is 6.76. The minimum Gasteiger partial charge on any atom is -0.396 e. The van der Waals surface area contributed by atoms with Gasteiger partial charge >= 0.3 is 0 Å². The molecule has 8 nitrogen and oxygen atoms in total. The Kier molecular flexibility index (Phi) is 8.35. The average Bonchev–Trinajstić information content (AvgIpc) is 3.48. The van der Waals surface area contributed by atoms with E-state index in [1.54, 1.807) is 4.90 Å². The number of likely N-dealkylation sites (tertiary alicyclic amines) is 1. The molecule has 8 heteroatoms. The maximum atomic E-state index is 14.0. The second kappa shape index (κ2) is 11.3. The molecule has 0 aromatic heterocycles. The van der Waals surface area contributed by atoms with Gasteiger partial charge in [-0.05, 0) is 50.7 Å². The van der Waals surface area contributed by atoms with Crippen LogP contribution in [0.15, 0.2) is 30.3 Å². The number of benzene rings is 1. The molecular formula is C28H41N3O5. The van der Waals surface area contributed by atoms with Crippen LogP contribution >= 0.6 is 0 Å². The van der Waals surface area contributed by atoms with Crippen molar-refractivity contribution in [1.29, 1.82) is 0 Å². The standard InChI is InChI=1S/C28H41N3O5/c1-3-5-17-29-25(34)23-28-16-15-27(4-2,36-28)21(24(33)30-20-13-9-8-10-14-20)22(28)26(35)31(23)18-11-6-7-12-19-32/h8-10,13-14,21-23,32H,3-7,11-12,15-19H2,1-2H3,(H,29,34)(H,30,33)/t21-,22+,23?,27+,28?/m1/s1. The van der Waals surface area contributed by atoms with Gasteiger partial charge in [-0.15, -0.1) is 0 Å². The molecule has 3 heterocycles. The van der Waals surface area contributed by atoms with Crippen LogP contribution in [-0.4, -0.2) is 64.7 Å². The largest absolute Gasteiger partial charge is 0.396 e. The van der Waals surface area contributed by atoms with Crippen LogP contribution in [-0.2, 0) is 19.1 Å². The van der Waals surface area contributed by atoms with Crippen molar-refractivity contribution in [3.05, 3.63) is 30.3 Å². The van der Waals surface area contributed by atoms with Gasteiger partial charge in [0.05, 0.1) is 17.4 Å². The lowest BCUT2D eigenvalue weighted by atomic mass is 9.65. The normalized spacial score (nSPS) is 30.5. The monoisotopic (exact) mass is 499 g/mol. The van der Waals surface area contributed by atoms with Gasteiger partial charge in [0, 0.05) is 25.4 Å². The lowest BCUT2D eigenvalue weighted by Gasteiger charge is -2.34. The zero-order chi connectivity index (χ0) is 25.8. The van der Waals surface area contributed by atoms with E-state index >= 15 is 0 Å². The summed E-state index contributed by atoms with van der Waals surface area (Å²) in [6.07, 6.45) is 6.90. The zero-order valence-electron chi connectivity index (χ0n) is 21.6. The molecule has 3 saturated heterocycles. The third-order valence-electron chi connectivity index (χ3n) is 8.39. The molecule has 1 aromatic rings. The van der Waals surface area contributed by atoms with E-state index in [0.29, 0.717) is 38.0 Å². The molecule has 1 aromatic carbocycles. The number of carbonyl (C=O) groups is 3. The van der Waals surface area contributed by atoms with Crippen molar-refractivity contribution < 1.29 is 24.2 Å². The minimum atomic E-state index is -0.979. The number of unbranched alkanes of at least 4 members (excludes halogenated alkanes) is 4. The van der Waals surface area contributed by atoms with E-state index < -0.39 is 29.1 Å². The molecular weight excluding hydrogens is 458 g/mol. The molecule has 3 N–H and O–H groups in total. The summed E-state index contributed by atoms with van der Waals surface area (Å²) in [6, 6.07) is 8.55. The highest BCUT2D eigenvalue weighted by molar-refractivity contribution is 6.02. The number of hydrogen-bond acceptors (Lipinski definition) is 5. The van der Waals surface area contributed by atoms with Crippen molar-refractivity contribution in [2.24, 2.45) is 11.8 Å². The van der Waals surface area contributed by atoms with Crippen molar-refractivity contribution in [2.75, 3.05) is 25.0 Å². The Labute approximate surface area is 214 Å². The quantitative estimate of drug-likeness (QED) is 0.361. The number of para-hydroxylation sites is 1. The SMILES string of the molecule is CCCCNC(=O)C1N(CCCCCCO)C(=O)[C@@H]2[C@H](C(=O)Nc3ccccc3)[C@]3(CC)CCC12O3. The fourth-order valence-electron chi connectivity index (χ4n) is 6.63. The first-order valence-electron chi connectivity index (χ1n) is 13.7. The molecule has 198 valence electrons. The number of aliphatic hydroxyl groups is 1. The molecule has 3 aliphatic heterocycles. The summed E-state index contributed by atoms with van der Waals surface area (Å²) in [5.41, 5.74) is -1.03. The molecule has 2 unspecified atom stereocenters. The smallest absolute Gasteiger partial charge is 0.245 e. The molecule has 2 bridgehead atoms.